The van der Waals surface area contributed by atoms with Gasteiger partial charge in [-0.15, -0.1) is 0 Å². The summed E-state index contributed by atoms with van der Waals surface area (Å²) in [5.74, 6) is 0.125. The average molecular weight is 226 g/mol. The lowest BCUT2D eigenvalue weighted by molar-refractivity contribution is -0.130. The minimum absolute atomic E-state index is 0.125. The van der Waals surface area contributed by atoms with Crippen molar-refractivity contribution in [1.29, 1.82) is 0 Å². The van der Waals surface area contributed by atoms with Crippen molar-refractivity contribution >= 4 is 12.0 Å². The second-order valence-corrected chi connectivity index (χ2v) is 4.40. The maximum atomic E-state index is 11.5. The molecule has 2 aliphatic rings. The molecule has 2 aliphatic heterocycles. The summed E-state index contributed by atoms with van der Waals surface area (Å²) in [5.41, 5.74) is 0. The Morgan fingerprint density at radius 1 is 1.31 bits per heavy atom. The molecular weight excluding hydrogens is 208 g/mol. The lowest BCUT2D eigenvalue weighted by Gasteiger charge is -2.39. The summed E-state index contributed by atoms with van der Waals surface area (Å²) in [7, 11) is 0. The van der Waals surface area contributed by atoms with Gasteiger partial charge in [-0.1, -0.05) is 0 Å². The first-order valence-corrected chi connectivity index (χ1v) is 5.87. The van der Waals surface area contributed by atoms with E-state index in [0.29, 0.717) is 6.61 Å². The van der Waals surface area contributed by atoms with Crippen molar-refractivity contribution in [3.05, 3.63) is 0 Å². The normalized spacial score (nSPS) is 23.2. The van der Waals surface area contributed by atoms with Crippen molar-refractivity contribution in [2.45, 2.75) is 32.2 Å². The summed E-state index contributed by atoms with van der Waals surface area (Å²) < 4.78 is 5.02. The van der Waals surface area contributed by atoms with Gasteiger partial charge >= 0.3 is 6.09 Å². The Bertz CT molecular complexity index is 285. The van der Waals surface area contributed by atoms with Crippen LogP contribution in [-0.2, 0) is 9.53 Å². The smallest absolute Gasteiger partial charge is 0.410 e. The first-order valence-electron chi connectivity index (χ1n) is 5.87. The largest absolute Gasteiger partial charge is 0.449 e. The molecule has 90 valence electrons. The molecule has 0 spiro atoms. The van der Waals surface area contributed by atoms with Crippen LogP contribution in [0.5, 0.6) is 0 Å². The van der Waals surface area contributed by atoms with Gasteiger partial charge in [-0.3, -0.25) is 4.79 Å². The standard InChI is InChI=1S/C11H18N2O3/c1-9(14)12-6-3-10(4-7-12)13-5-2-8-16-11(13)15/h10H,2-8H2,1H3. The van der Waals surface area contributed by atoms with Crippen molar-refractivity contribution in [2.24, 2.45) is 0 Å². The van der Waals surface area contributed by atoms with Gasteiger partial charge in [0.25, 0.3) is 0 Å². The van der Waals surface area contributed by atoms with Crippen molar-refractivity contribution in [3.8, 4) is 0 Å². The molecule has 0 radical (unpaired) electrons. The average Bonchev–Trinajstić information content (AvgIpc) is 2.30. The SMILES string of the molecule is CC(=O)N1CCC(N2CCCOC2=O)CC1. The number of carbonyl (C=O) groups is 2. The third kappa shape index (κ3) is 2.28. The van der Waals surface area contributed by atoms with E-state index < -0.39 is 0 Å². The fourth-order valence-corrected chi connectivity index (χ4v) is 2.39. The fraction of sp³-hybridized carbons (Fsp3) is 0.818. The number of nitrogens with zero attached hydrogens (tertiary/aromatic N) is 2. The number of carbonyl (C=O) groups excluding carboxylic acids is 2. The molecule has 0 aliphatic carbocycles. The van der Waals surface area contributed by atoms with E-state index in [4.69, 9.17) is 4.74 Å². The lowest BCUT2D eigenvalue weighted by Crippen LogP contribution is -2.50. The van der Waals surface area contributed by atoms with Crippen LogP contribution in [0.1, 0.15) is 26.2 Å². The highest BCUT2D eigenvalue weighted by atomic mass is 16.6. The topological polar surface area (TPSA) is 49.9 Å². The van der Waals surface area contributed by atoms with E-state index >= 15 is 0 Å². The van der Waals surface area contributed by atoms with Crippen LogP contribution in [0.15, 0.2) is 0 Å². The summed E-state index contributed by atoms with van der Waals surface area (Å²) >= 11 is 0. The Morgan fingerprint density at radius 2 is 2.00 bits per heavy atom. The molecule has 5 heteroatoms. The third-order valence-corrected chi connectivity index (χ3v) is 3.35. The minimum atomic E-state index is -0.187. The zero-order valence-corrected chi connectivity index (χ0v) is 9.65. The highest BCUT2D eigenvalue weighted by molar-refractivity contribution is 5.73. The summed E-state index contributed by atoms with van der Waals surface area (Å²) in [6.45, 7) is 4.44. The summed E-state index contributed by atoms with van der Waals surface area (Å²) in [4.78, 5) is 26.4. The molecule has 0 aromatic rings. The molecule has 2 amide bonds. The van der Waals surface area contributed by atoms with E-state index in [1.807, 2.05) is 9.80 Å². The molecule has 2 saturated heterocycles. The predicted octanol–water partition coefficient (Wildman–Crippen LogP) is 0.840. The Kier molecular flexibility index (Phi) is 3.31. The fourth-order valence-electron chi connectivity index (χ4n) is 2.39. The molecule has 0 N–H and O–H groups in total. The molecule has 0 saturated carbocycles. The Hall–Kier alpha value is -1.26. The zero-order valence-electron chi connectivity index (χ0n) is 9.65. The number of hydrogen-bond acceptors (Lipinski definition) is 3. The van der Waals surface area contributed by atoms with Crippen molar-refractivity contribution < 1.29 is 14.3 Å². The second kappa shape index (κ2) is 4.72. The Morgan fingerprint density at radius 3 is 2.56 bits per heavy atom. The molecule has 0 aromatic heterocycles. The second-order valence-electron chi connectivity index (χ2n) is 4.40. The minimum Gasteiger partial charge on any atom is -0.449 e. The maximum Gasteiger partial charge on any atom is 0.410 e. The summed E-state index contributed by atoms with van der Waals surface area (Å²) in [6.07, 6.45) is 2.47. The lowest BCUT2D eigenvalue weighted by atomic mass is 10.0. The van der Waals surface area contributed by atoms with Gasteiger partial charge in [0.1, 0.15) is 0 Å². The molecule has 2 heterocycles. The highest BCUT2D eigenvalue weighted by Crippen LogP contribution is 2.19. The number of rotatable bonds is 1. The first kappa shape index (κ1) is 11.2. The molecule has 2 fully saturated rings. The van der Waals surface area contributed by atoms with Gasteiger partial charge in [-0.25, -0.2) is 4.79 Å². The number of likely N-dealkylation sites (tertiary alicyclic amines) is 1. The van der Waals surface area contributed by atoms with Crippen molar-refractivity contribution in [1.82, 2.24) is 9.80 Å². The quantitative estimate of drug-likeness (QED) is 0.665. The molecule has 16 heavy (non-hydrogen) atoms. The third-order valence-electron chi connectivity index (χ3n) is 3.35. The van der Waals surface area contributed by atoms with E-state index in [9.17, 15) is 9.59 Å². The number of ether oxygens (including phenoxy) is 1. The van der Waals surface area contributed by atoms with E-state index in [1.165, 1.54) is 0 Å². The number of piperidine rings is 1. The number of amides is 2. The van der Waals surface area contributed by atoms with E-state index in [-0.39, 0.29) is 18.0 Å². The van der Waals surface area contributed by atoms with Crippen molar-refractivity contribution in [3.63, 3.8) is 0 Å². The highest BCUT2D eigenvalue weighted by Gasteiger charge is 2.30. The molecule has 5 nitrogen and oxygen atoms in total. The van der Waals surface area contributed by atoms with Crippen LogP contribution < -0.4 is 0 Å². The first-order chi connectivity index (χ1) is 7.68. The van der Waals surface area contributed by atoms with Crippen LogP contribution in [0.25, 0.3) is 0 Å². The molecule has 0 bridgehead atoms. The van der Waals surface area contributed by atoms with E-state index in [0.717, 1.165) is 38.9 Å². The van der Waals surface area contributed by atoms with E-state index in [2.05, 4.69) is 0 Å². The predicted molar refractivity (Wildman–Crippen MR) is 57.9 cm³/mol. The van der Waals surface area contributed by atoms with Gasteiger partial charge in [0.2, 0.25) is 5.91 Å². The summed E-state index contributed by atoms with van der Waals surface area (Å²) in [5, 5.41) is 0. The Labute approximate surface area is 95.3 Å². The maximum absolute atomic E-state index is 11.5. The monoisotopic (exact) mass is 226 g/mol. The van der Waals surface area contributed by atoms with Crippen LogP contribution in [-0.4, -0.2) is 54.1 Å². The van der Waals surface area contributed by atoms with Gasteiger partial charge in [-0.05, 0) is 19.3 Å². The molecular formula is C11H18N2O3. The van der Waals surface area contributed by atoms with E-state index in [1.54, 1.807) is 6.92 Å². The van der Waals surface area contributed by atoms with Crippen LogP contribution in [0, 0.1) is 0 Å². The van der Waals surface area contributed by atoms with Gasteiger partial charge in [0.15, 0.2) is 0 Å². The molecule has 0 unspecified atom stereocenters. The van der Waals surface area contributed by atoms with Gasteiger partial charge in [-0.2, -0.15) is 0 Å². The van der Waals surface area contributed by atoms with Crippen LogP contribution in [0.3, 0.4) is 0 Å². The van der Waals surface area contributed by atoms with Crippen LogP contribution in [0.2, 0.25) is 0 Å². The van der Waals surface area contributed by atoms with Gasteiger partial charge in [0, 0.05) is 32.6 Å². The zero-order chi connectivity index (χ0) is 11.5. The number of cyclic esters (lactones) is 1. The van der Waals surface area contributed by atoms with Crippen LogP contribution in [0.4, 0.5) is 4.79 Å². The Balaban J connectivity index is 1.88. The van der Waals surface area contributed by atoms with Gasteiger partial charge < -0.3 is 14.5 Å². The molecule has 0 aromatic carbocycles. The molecule has 2 rings (SSSR count). The number of hydrogen-bond donors (Lipinski definition) is 0. The molecule has 0 atom stereocenters. The van der Waals surface area contributed by atoms with Crippen LogP contribution >= 0.6 is 0 Å². The van der Waals surface area contributed by atoms with Gasteiger partial charge in [0.05, 0.1) is 6.61 Å². The summed E-state index contributed by atoms with van der Waals surface area (Å²) in [6, 6.07) is 0.253. The van der Waals surface area contributed by atoms with Crippen molar-refractivity contribution in [2.75, 3.05) is 26.2 Å².